The lowest BCUT2D eigenvalue weighted by molar-refractivity contribution is -0.384. The number of esters is 1. The summed E-state index contributed by atoms with van der Waals surface area (Å²) in [5.74, 6) is -0.420. The number of nitro groups is 1. The lowest BCUT2D eigenvalue weighted by Crippen LogP contribution is -2.06. The van der Waals surface area contributed by atoms with Crippen LogP contribution in [0.5, 0.6) is 0 Å². The van der Waals surface area contributed by atoms with E-state index in [1.807, 2.05) is 0 Å². The second kappa shape index (κ2) is 7.51. The zero-order valence-corrected chi connectivity index (χ0v) is 14.4. The van der Waals surface area contributed by atoms with Gasteiger partial charge < -0.3 is 9.26 Å². The summed E-state index contributed by atoms with van der Waals surface area (Å²) in [6.07, 6.45) is 1.31. The van der Waals surface area contributed by atoms with Crippen molar-refractivity contribution < 1.29 is 19.0 Å². The van der Waals surface area contributed by atoms with Crippen molar-refractivity contribution in [1.82, 2.24) is 10.1 Å². The summed E-state index contributed by atoms with van der Waals surface area (Å²) in [7, 11) is 0. The Labute approximate surface area is 156 Å². The lowest BCUT2D eigenvalue weighted by Gasteiger charge is -2.04. The molecule has 2 heterocycles. The number of aromatic nitrogens is 2. The van der Waals surface area contributed by atoms with E-state index in [-0.39, 0.29) is 33.8 Å². The average Bonchev–Trinajstić information content (AvgIpc) is 3.11. The number of pyridine rings is 1. The Morgan fingerprint density at radius 2 is 1.96 bits per heavy atom. The van der Waals surface area contributed by atoms with Crippen molar-refractivity contribution in [2.75, 3.05) is 0 Å². The number of ether oxygens (including phenoxy) is 1. The summed E-state index contributed by atoms with van der Waals surface area (Å²) in [5, 5.41) is 14.7. The summed E-state index contributed by atoms with van der Waals surface area (Å²) in [4.78, 5) is 26.0. The number of carbonyl (C=O) groups excluding carboxylic acids is 1. The highest BCUT2D eigenvalue weighted by Crippen LogP contribution is 2.23. The number of hydrogen-bond acceptors (Lipinski definition) is 7. The standard InChI is InChI=1S/C16H9Cl2N3O5/c17-10-5-13(15(18)19-7-10)16(22)25-8-12-6-14(20-26-12)9-1-3-11(4-2-9)21(23)24/h1-7H,8H2. The van der Waals surface area contributed by atoms with Gasteiger partial charge in [0.05, 0.1) is 15.5 Å². The molecule has 0 spiro atoms. The predicted octanol–water partition coefficient (Wildman–Crippen LogP) is 4.31. The van der Waals surface area contributed by atoms with Crippen molar-refractivity contribution in [1.29, 1.82) is 0 Å². The smallest absolute Gasteiger partial charge is 0.341 e. The molecule has 0 saturated carbocycles. The fourth-order valence-corrected chi connectivity index (χ4v) is 2.39. The minimum Gasteiger partial charge on any atom is -0.454 e. The summed E-state index contributed by atoms with van der Waals surface area (Å²) in [6.45, 7) is -0.179. The molecule has 3 aromatic rings. The van der Waals surface area contributed by atoms with Crippen LogP contribution in [0.4, 0.5) is 5.69 Å². The Bertz CT molecular complexity index is 972. The Morgan fingerprint density at radius 1 is 1.23 bits per heavy atom. The van der Waals surface area contributed by atoms with E-state index in [0.717, 1.165) is 0 Å². The molecule has 0 bridgehead atoms. The minimum absolute atomic E-state index is 0.0245. The maximum absolute atomic E-state index is 12.0. The quantitative estimate of drug-likeness (QED) is 0.275. The van der Waals surface area contributed by atoms with E-state index < -0.39 is 10.9 Å². The fourth-order valence-electron chi connectivity index (χ4n) is 2.05. The van der Waals surface area contributed by atoms with Crippen LogP contribution in [0.15, 0.2) is 47.1 Å². The molecule has 1 aromatic carbocycles. The van der Waals surface area contributed by atoms with Gasteiger partial charge in [-0.2, -0.15) is 0 Å². The van der Waals surface area contributed by atoms with Gasteiger partial charge in [0, 0.05) is 30.0 Å². The first-order chi connectivity index (χ1) is 12.4. The molecule has 0 unspecified atom stereocenters. The molecule has 0 saturated heterocycles. The van der Waals surface area contributed by atoms with Gasteiger partial charge in [-0.3, -0.25) is 10.1 Å². The van der Waals surface area contributed by atoms with Crippen LogP contribution >= 0.6 is 23.2 Å². The van der Waals surface area contributed by atoms with E-state index in [2.05, 4.69) is 10.1 Å². The molecule has 0 aliphatic heterocycles. The normalized spacial score (nSPS) is 10.5. The van der Waals surface area contributed by atoms with Gasteiger partial charge in [-0.25, -0.2) is 9.78 Å². The van der Waals surface area contributed by atoms with Crippen molar-refractivity contribution in [3.8, 4) is 11.3 Å². The second-order valence-corrected chi connectivity index (χ2v) is 5.84. The van der Waals surface area contributed by atoms with Crippen LogP contribution in [-0.2, 0) is 11.3 Å². The molecule has 3 rings (SSSR count). The van der Waals surface area contributed by atoms with Crippen LogP contribution < -0.4 is 0 Å². The molecule has 0 aliphatic carbocycles. The molecule has 0 N–H and O–H groups in total. The monoisotopic (exact) mass is 393 g/mol. The van der Waals surface area contributed by atoms with Gasteiger partial charge >= 0.3 is 5.97 Å². The number of carbonyl (C=O) groups is 1. The maximum atomic E-state index is 12.0. The van der Waals surface area contributed by atoms with Crippen molar-refractivity contribution in [2.45, 2.75) is 6.61 Å². The molecule has 8 nitrogen and oxygen atoms in total. The number of rotatable bonds is 5. The molecule has 0 radical (unpaired) electrons. The van der Waals surface area contributed by atoms with Crippen molar-refractivity contribution in [3.63, 3.8) is 0 Å². The van der Waals surface area contributed by atoms with Gasteiger partial charge in [-0.15, -0.1) is 0 Å². The van der Waals surface area contributed by atoms with Gasteiger partial charge in [-0.05, 0) is 18.2 Å². The zero-order chi connectivity index (χ0) is 18.7. The first-order valence-electron chi connectivity index (χ1n) is 7.12. The molecule has 10 heteroatoms. The van der Waals surface area contributed by atoms with E-state index in [4.69, 9.17) is 32.5 Å². The first kappa shape index (κ1) is 17.8. The molecule has 26 heavy (non-hydrogen) atoms. The largest absolute Gasteiger partial charge is 0.454 e. The number of nitrogens with zero attached hydrogens (tertiary/aromatic N) is 3. The van der Waals surface area contributed by atoms with E-state index in [0.29, 0.717) is 11.3 Å². The van der Waals surface area contributed by atoms with Crippen LogP contribution in [0.1, 0.15) is 16.1 Å². The van der Waals surface area contributed by atoms with E-state index >= 15 is 0 Å². The predicted molar refractivity (Wildman–Crippen MR) is 92.0 cm³/mol. The van der Waals surface area contributed by atoms with E-state index in [1.165, 1.54) is 24.4 Å². The Hall–Kier alpha value is -2.97. The van der Waals surface area contributed by atoms with Crippen LogP contribution in [0.25, 0.3) is 11.3 Å². The number of non-ortho nitro benzene ring substituents is 1. The number of nitro benzene ring substituents is 1. The molecule has 2 aromatic heterocycles. The molecule has 0 fully saturated rings. The molecule has 0 aliphatic rings. The highest BCUT2D eigenvalue weighted by Gasteiger charge is 2.16. The number of halogens is 2. The van der Waals surface area contributed by atoms with Gasteiger partial charge in [-0.1, -0.05) is 28.4 Å². The van der Waals surface area contributed by atoms with Gasteiger partial charge in [0.1, 0.15) is 10.8 Å². The third-order valence-electron chi connectivity index (χ3n) is 3.30. The third kappa shape index (κ3) is 3.98. The Kier molecular flexibility index (Phi) is 5.15. The second-order valence-electron chi connectivity index (χ2n) is 5.05. The van der Waals surface area contributed by atoms with Gasteiger partial charge in [0.2, 0.25) is 0 Å². The van der Waals surface area contributed by atoms with Crippen LogP contribution in [0.3, 0.4) is 0 Å². The van der Waals surface area contributed by atoms with Gasteiger partial charge in [0.25, 0.3) is 5.69 Å². The minimum atomic E-state index is -0.710. The first-order valence-corrected chi connectivity index (χ1v) is 7.88. The molecule has 0 amide bonds. The van der Waals surface area contributed by atoms with Crippen LogP contribution in [0.2, 0.25) is 10.2 Å². The molecule has 132 valence electrons. The molecular weight excluding hydrogens is 385 g/mol. The SMILES string of the molecule is O=C(OCc1cc(-c2ccc([N+](=O)[O-])cc2)no1)c1cc(Cl)cnc1Cl. The number of benzene rings is 1. The summed E-state index contributed by atoms with van der Waals surface area (Å²) >= 11 is 11.6. The fraction of sp³-hybridized carbons (Fsp3) is 0.0625. The Balaban J connectivity index is 1.68. The number of hydrogen-bond donors (Lipinski definition) is 0. The molecule has 0 atom stereocenters. The van der Waals surface area contributed by atoms with Crippen molar-refractivity contribution in [3.05, 3.63) is 74.2 Å². The third-order valence-corrected chi connectivity index (χ3v) is 3.81. The van der Waals surface area contributed by atoms with Crippen LogP contribution in [0, 0.1) is 10.1 Å². The molecular formula is C16H9Cl2N3O5. The van der Waals surface area contributed by atoms with Gasteiger partial charge in [0.15, 0.2) is 12.4 Å². The van der Waals surface area contributed by atoms with Crippen molar-refractivity contribution in [2.24, 2.45) is 0 Å². The summed E-state index contributed by atoms with van der Waals surface area (Å²) < 4.78 is 10.2. The van der Waals surface area contributed by atoms with Crippen LogP contribution in [-0.4, -0.2) is 21.0 Å². The van der Waals surface area contributed by atoms with E-state index in [9.17, 15) is 14.9 Å². The highest BCUT2D eigenvalue weighted by molar-refractivity contribution is 6.34. The topological polar surface area (TPSA) is 108 Å². The summed E-state index contributed by atoms with van der Waals surface area (Å²) in [6, 6.07) is 8.72. The average molecular weight is 394 g/mol. The van der Waals surface area contributed by atoms with E-state index in [1.54, 1.807) is 18.2 Å². The summed E-state index contributed by atoms with van der Waals surface area (Å²) in [5.41, 5.74) is 1.08. The Morgan fingerprint density at radius 3 is 2.65 bits per heavy atom. The zero-order valence-electron chi connectivity index (χ0n) is 12.9. The lowest BCUT2D eigenvalue weighted by atomic mass is 10.1. The van der Waals surface area contributed by atoms with Crippen molar-refractivity contribution >= 4 is 34.9 Å². The highest BCUT2D eigenvalue weighted by atomic mass is 35.5. The maximum Gasteiger partial charge on any atom is 0.341 e.